The summed E-state index contributed by atoms with van der Waals surface area (Å²) in [6.45, 7) is 1.53. The van der Waals surface area contributed by atoms with Crippen LogP contribution in [0.2, 0.25) is 0 Å². The number of anilines is 1. The van der Waals surface area contributed by atoms with Crippen LogP contribution in [-0.4, -0.2) is 22.1 Å². The van der Waals surface area contributed by atoms with Crippen LogP contribution in [0.25, 0.3) is 10.9 Å². The van der Waals surface area contributed by atoms with Gasteiger partial charge in [-0.2, -0.15) is 0 Å². The van der Waals surface area contributed by atoms with Crippen LogP contribution in [0.4, 0.5) is 10.2 Å². The van der Waals surface area contributed by atoms with Crippen LogP contribution in [0.3, 0.4) is 0 Å². The Morgan fingerprint density at radius 2 is 2.18 bits per heavy atom. The summed E-state index contributed by atoms with van der Waals surface area (Å²) >= 11 is 0. The molecule has 1 aromatic heterocycles. The maximum absolute atomic E-state index is 12.9. The molecule has 0 saturated carbocycles. The van der Waals surface area contributed by atoms with Crippen molar-refractivity contribution in [3.63, 3.8) is 0 Å². The summed E-state index contributed by atoms with van der Waals surface area (Å²) in [4.78, 5) is 14.9. The minimum Gasteiger partial charge on any atom is -0.480 e. The molecule has 2 rings (SSSR count). The molecule has 2 aromatic rings. The van der Waals surface area contributed by atoms with Gasteiger partial charge >= 0.3 is 5.97 Å². The molecule has 0 saturated heterocycles. The van der Waals surface area contributed by atoms with Crippen LogP contribution in [0.1, 0.15) is 6.92 Å². The normalized spacial score (nSPS) is 12.4. The van der Waals surface area contributed by atoms with Crippen LogP contribution in [0.15, 0.2) is 30.3 Å². The highest BCUT2D eigenvalue weighted by molar-refractivity contribution is 5.81. The molecule has 1 unspecified atom stereocenters. The monoisotopic (exact) mass is 234 g/mol. The van der Waals surface area contributed by atoms with Gasteiger partial charge in [-0.3, -0.25) is 4.79 Å². The fourth-order valence-corrected chi connectivity index (χ4v) is 1.46. The van der Waals surface area contributed by atoms with Crippen molar-refractivity contribution in [3.05, 3.63) is 36.1 Å². The number of hydrogen-bond donors (Lipinski definition) is 2. The summed E-state index contributed by atoms with van der Waals surface area (Å²) < 4.78 is 12.9. The van der Waals surface area contributed by atoms with Crippen molar-refractivity contribution in [2.45, 2.75) is 13.0 Å². The fourth-order valence-electron chi connectivity index (χ4n) is 1.46. The molecule has 0 fully saturated rings. The Morgan fingerprint density at radius 1 is 1.41 bits per heavy atom. The zero-order chi connectivity index (χ0) is 12.4. The number of rotatable bonds is 3. The number of fused-ring (bicyclic) bond motifs is 1. The van der Waals surface area contributed by atoms with Gasteiger partial charge in [-0.1, -0.05) is 0 Å². The summed E-state index contributed by atoms with van der Waals surface area (Å²) in [6.07, 6.45) is 0. The Balaban J connectivity index is 2.32. The first kappa shape index (κ1) is 11.3. The number of benzene rings is 1. The van der Waals surface area contributed by atoms with Gasteiger partial charge in [0.05, 0.1) is 5.52 Å². The number of carboxylic acid groups (broad SMARTS) is 1. The van der Waals surface area contributed by atoms with Crippen molar-refractivity contribution >= 4 is 22.7 Å². The van der Waals surface area contributed by atoms with Crippen LogP contribution in [-0.2, 0) is 4.79 Å². The van der Waals surface area contributed by atoms with Crippen molar-refractivity contribution in [1.82, 2.24) is 4.98 Å². The summed E-state index contributed by atoms with van der Waals surface area (Å²) in [5, 5.41) is 12.2. The van der Waals surface area contributed by atoms with Crippen molar-refractivity contribution in [3.8, 4) is 0 Å². The number of halogens is 1. The lowest BCUT2D eigenvalue weighted by Gasteiger charge is -2.10. The highest BCUT2D eigenvalue weighted by Crippen LogP contribution is 2.16. The predicted octanol–water partition coefficient (Wildman–Crippen LogP) is 2.26. The average molecular weight is 234 g/mol. The van der Waals surface area contributed by atoms with Gasteiger partial charge in [0.15, 0.2) is 0 Å². The molecule has 0 aliphatic heterocycles. The van der Waals surface area contributed by atoms with E-state index in [9.17, 15) is 9.18 Å². The number of pyridine rings is 1. The van der Waals surface area contributed by atoms with E-state index in [4.69, 9.17) is 5.11 Å². The quantitative estimate of drug-likeness (QED) is 0.855. The first-order valence-electron chi connectivity index (χ1n) is 5.12. The fraction of sp³-hybridized carbons (Fsp3) is 0.167. The van der Waals surface area contributed by atoms with Gasteiger partial charge in [0.1, 0.15) is 17.7 Å². The first-order valence-corrected chi connectivity index (χ1v) is 5.12. The lowest BCUT2D eigenvalue weighted by atomic mass is 10.2. The summed E-state index contributed by atoms with van der Waals surface area (Å²) in [5.41, 5.74) is 0.619. The van der Waals surface area contributed by atoms with Gasteiger partial charge in [0, 0.05) is 5.39 Å². The van der Waals surface area contributed by atoms with Crippen LogP contribution < -0.4 is 5.32 Å². The number of carbonyl (C=O) groups is 1. The van der Waals surface area contributed by atoms with Gasteiger partial charge in [0.25, 0.3) is 0 Å². The predicted molar refractivity (Wildman–Crippen MR) is 62.4 cm³/mol. The number of nitrogens with one attached hydrogen (secondary N) is 1. The third-order valence-electron chi connectivity index (χ3n) is 2.39. The molecule has 5 heteroatoms. The Bertz CT molecular complexity index is 571. The third kappa shape index (κ3) is 2.50. The van der Waals surface area contributed by atoms with Gasteiger partial charge in [-0.25, -0.2) is 9.37 Å². The van der Waals surface area contributed by atoms with Crippen LogP contribution >= 0.6 is 0 Å². The molecule has 0 amide bonds. The summed E-state index contributed by atoms with van der Waals surface area (Å²) in [5.74, 6) is -0.816. The van der Waals surface area contributed by atoms with E-state index in [0.717, 1.165) is 0 Å². The Morgan fingerprint density at radius 3 is 2.88 bits per heavy atom. The molecule has 0 bridgehead atoms. The molecule has 4 nitrogen and oxygen atoms in total. The summed E-state index contributed by atoms with van der Waals surface area (Å²) in [6, 6.07) is 6.86. The van der Waals surface area contributed by atoms with E-state index in [2.05, 4.69) is 10.3 Å². The zero-order valence-electron chi connectivity index (χ0n) is 9.14. The Labute approximate surface area is 97.1 Å². The van der Waals surface area contributed by atoms with E-state index >= 15 is 0 Å². The van der Waals surface area contributed by atoms with Crippen molar-refractivity contribution in [1.29, 1.82) is 0 Å². The van der Waals surface area contributed by atoms with Gasteiger partial charge in [0.2, 0.25) is 0 Å². The highest BCUT2D eigenvalue weighted by Gasteiger charge is 2.10. The molecule has 0 spiro atoms. The van der Waals surface area contributed by atoms with Gasteiger partial charge in [-0.05, 0) is 37.3 Å². The number of aromatic nitrogens is 1. The molecule has 0 aliphatic carbocycles. The van der Waals surface area contributed by atoms with Crippen molar-refractivity contribution in [2.24, 2.45) is 0 Å². The molecule has 1 aromatic carbocycles. The lowest BCUT2D eigenvalue weighted by Crippen LogP contribution is -2.25. The minimum atomic E-state index is -0.953. The van der Waals surface area contributed by atoms with Crippen LogP contribution in [0.5, 0.6) is 0 Å². The SMILES string of the molecule is CC(Nc1ccc2cc(F)ccc2n1)C(=O)O. The maximum Gasteiger partial charge on any atom is 0.325 e. The standard InChI is InChI=1S/C12H11FN2O2/c1-7(12(16)17)14-11-5-2-8-6-9(13)3-4-10(8)15-11/h2-7H,1H3,(H,14,15)(H,16,17). The average Bonchev–Trinajstić information content (AvgIpc) is 2.29. The smallest absolute Gasteiger partial charge is 0.325 e. The number of hydrogen-bond acceptors (Lipinski definition) is 3. The highest BCUT2D eigenvalue weighted by atomic mass is 19.1. The third-order valence-corrected chi connectivity index (χ3v) is 2.39. The summed E-state index contributed by atoms with van der Waals surface area (Å²) in [7, 11) is 0. The van der Waals surface area contributed by atoms with E-state index in [1.165, 1.54) is 19.1 Å². The van der Waals surface area contributed by atoms with E-state index in [1.54, 1.807) is 18.2 Å². The molecule has 88 valence electrons. The molecular weight excluding hydrogens is 223 g/mol. The van der Waals surface area contributed by atoms with Crippen LogP contribution in [0, 0.1) is 5.82 Å². The molecule has 0 aliphatic rings. The number of nitrogens with zero attached hydrogens (tertiary/aromatic N) is 1. The largest absolute Gasteiger partial charge is 0.480 e. The zero-order valence-corrected chi connectivity index (χ0v) is 9.14. The second kappa shape index (κ2) is 4.37. The first-order chi connectivity index (χ1) is 8.06. The second-order valence-corrected chi connectivity index (χ2v) is 3.74. The van der Waals surface area contributed by atoms with Crippen molar-refractivity contribution < 1.29 is 14.3 Å². The van der Waals surface area contributed by atoms with Crippen molar-refractivity contribution in [2.75, 3.05) is 5.32 Å². The Kier molecular flexibility index (Phi) is 2.91. The molecule has 1 atom stereocenters. The van der Waals surface area contributed by atoms with E-state index in [-0.39, 0.29) is 5.82 Å². The van der Waals surface area contributed by atoms with Gasteiger partial charge < -0.3 is 10.4 Å². The van der Waals surface area contributed by atoms with E-state index in [1.807, 2.05) is 0 Å². The molecular formula is C12H11FN2O2. The van der Waals surface area contributed by atoms with E-state index < -0.39 is 12.0 Å². The van der Waals surface area contributed by atoms with E-state index in [0.29, 0.717) is 16.7 Å². The lowest BCUT2D eigenvalue weighted by molar-refractivity contribution is -0.137. The molecule has 17 heavy (non-hydrogen) atoms. The molecule has 1 heterocycles. The second-order valence-electron chi connectivity index (χ2n) is 3.74. The minimum absolute atomic E-state index is 0.320. The maximum atomic E-state index is 12.9. The topological polar surface area (TPSA) is 62.2 Å². The molecule has 2 N–H and O–H groups in total. The van der Waals surface area contributed by atoms with Gasteiger partial charge in [-0.15, -0.1) is 0 Å². The molecule has 0 radical (unpaired) electrons. The number of carboxylic acids is 1. The Hall–Kier alpha value is -2.17. The number of aliphatic carboxylic acids is 1.